The van der Waals surface area contributed by atoms with E-state index in [1.807, 2.05) is 6.92 Å². The topological polar surface area (TPSA) is 58.2 Å². The van der Waals surface area contributed by atoms with Gasteiger partial charge in [0, 0.05) is 9.50 Å². The summed E-state index contributed by atoms with van der Waals surface area (Å²) in [4.78, 5) is 22.7. The van der Waals surface area contributed by atoms with Crippen LogP contribution in [0, 0.1) is 6.92 Å². The first-order valence-corrected chi connectivity index (χ1v) is 6.63. The number of carbonyl (C=O) groups excluding carboxylic acids is 2. The molecule has 2 N–H and O–H groups in total. The van der Waals surface area contributed by atoms with Crippen molar-refractivity contribution in [3.63, 3.8) is 0 Å². The molecule has 1 rings (SSSR count). The minimum Gasteiger partial charge on any atom is -0.306 e. The molecule has 0 saturated carbocycles. The molecule has 98 valence electrons. The first kappa shape index (κ1) is 15.3. The second-order valence-electron chi connectivity index (χ2n) is 3.64. The molecule has 0 radical (unpaired) electrons. The van der Waals surface area contributed by atoms with Crippen LogP contribution in [0.2, 0.25) is 5.02 Å². The van der Waals surface area contributed by atoms with Gasteiger partial charge in [-0.25, -0.2) is 4.79 Å². The van der Waals surface area contributed by atoms with E-state index in [4.69, 9.17) is 23.2 Å². The zero-order valence-corrected chi connectivity index (χ0v) is 12.8. The van der Waals surface area contributed by atoms with Gasteiger partial charge in [0.15, 0.2) is 0 Å². The Balaban J connectivity index is 2.76. The van der Waals surface area contributed by atoms with E-state index in [1.165, 1.54) is 6.92 Å². The molecule has 0 heterocycles. The lowest BCUT2D eigenvalue weighted by molar-refractivity contribution is -0.119. The molecule has 0 spiro atoms. The monoisotopic (exact) mass is 352 g/mol. The van der Waals surface area contributed by atoms with Crippen molar-refractivity contribution in [1.82, 2.24) is 5.32 Å². The lowest BCUT2D eigenvalue weighted by atomic mass is 10.2. The first-order chi connectivity index (χ1) is 8.31. The summed E-state index contributed by atoms with van der Waals surface area (Å²) in [5.41, 5.74) is 1.35. The standard InChI is InChI=1S/C11H11BrCl2N2O2/c1-5-3-7(12)9(4-8(5)14)15-11(18)16-10(17)6(2)13/h3-4,6H,1-2H3,(H2,15,16,17,18). The van der Waals surface area contributed by atoms with Gasteiger partial charge in [-0.05, 0) is 47.5 Å². The van der Waals surface area contributed by atoms with E-state index in [-0.39, 0.29) is 0 Å². The molecule has 0 aromatic heterocycles. The molecule has 7 heteroatoms. The molecule has 4 nitrogen and oxygen atoms in total. The predicted molar refractivity (Wildman–Crippen MR) is 76.4 cm³/mol. The first-order valence-electron chi connectivity index (χ1n) is 5.03. The molecule has 0 bridgehead atoms. The number of halogens is 3. The number of benzene rings is 1. The van der Waals surface area contributed by atoms with Gasteiger partial charge in [0.25, 0.3) is 0 Å². The molecule has 3 amide bonds. The van der Waals surface area contributed by atoms with E-state index < -0.39 is 17.3 Å². The third-order valence-corrected chi connectivity index (χ3v) is 3.36. The maximum Gasteiger partial charge on any atom is 0.325 e. The Morgan fingerprint density at radius 2 is 2.00 bits per heavy atom. The fourth-order valence-electron chi connectivity index (χ4n) is 1.11. The molecule has 1 unspecified atom stereocenters. The lowest BCUT2D eigenvalue weighted by Crippen LogP contribution is -2.38. The van der Waals surface area contributed by atoms with E-state index in [2.05, 4.69) is 26.6 Å². The summed E-state index contributed by atoms with van der Waals surface area (Å²) in [7, 11) is 0. The summed E-state index contributed by atoms with van der Waals surface area (Å²) < 4.78 is 0.672. The Morgan fingerprint density at radius 3 is 2.56 bits per heavy atom. The number of urea groups is 1. The molecule has 1 atom stereocenters. The van der Waals surface area contributed by atoms with Gasteiger partial charge in [-0.2, -0.15) is 0 Å². The minimum atomic E-state index is -0.777. The van der Waals surface area contributed by atoms with E-state index in [9.17, 15) is 9.59 Å². The fourth-order valence-corrected chi connectivity index (χ4v) is 1.88. The molecule has 0 aliphatic heterocycles. The Labute approximate surface area is 123 Å². The van der Waals surface area contributed by atoms with Crippen molar-refractivity contribution in [3.05, 3.63) is 27.2 Å². The number of hydrogen-bond acceptors (Lipinski definition) is 2. The molecule has 18 heavy (non-hydrogen) atoms. The number of hydrogen-bond donors (Lipinski definition) is 2. The van der Waals surface area contributed by atoms with Gasteiger partial charge < -0.3 is 5.32 Å². The number of rotatable bonds is 2. The van der Waals surface area contributed by atoms with Gasteiger partial charge in [0.2, 0.25) is 5.91 Å². The third-order valence-electron chi connectivity index (χ3n) is 2.09. The summed E-state index contributed by atoms with van der Waals surface area (Å²) in [5.74, 6) is -0.566. The molecule has 1 aromatic carbocycles. The van der Waals surface area contributed by atoms with Gasteiger partial charge in [0.1, 0.15) is 5.38 Å². The van der Waals surface area contributed by atoms with Crippen LogP contribution in [0.15, 0.2) is 16.6 Å². The van der Waals surface area contributed by atoms with Crippen LogP contribution < -0.4 is 10.6 Å². The van der Waals surface area contributed by atoms with E-state index >= 15 is 0 Å². The van der Waals surface area contributed by atoms with Crippen LogP contribution in [-0.4, -0.2) is 17.3 Å². The van der Waals surface area contributed by atoms with Crippen LogP contribution in [-0.2, 0) is 4.79 Å². The van der Waals surface area contributed by atoms with Gasteiger partial charge in [-0.1, -0.05) is 11.6 Å². The molecular weight excluding hydrogens is 343 g/mol. The van der Waals surface area contributed by atoms with Crippen LogP contribution in [0.1, 0.15) is 12.5 Å². The molecule has 0 saturated heterocycles. The van der Waals surface area contributed by atoms with E-state index in [1.54, 1.807) is 12.1 Å². The number of amides is 3. The largest absolute Gasteiger partial charge is 0.325 e. The van der Waals surface area contributed by atoms with Crippen molar-refractivity contribution >= 4 is 56.8 Å². The zero-order chi connectivity index (χ0) is 13.9. The number of aryl methyl sites for hydroxylation is 1. The number of anilines is 1. The smallest absolute Gasteiger partial charge is 0.306 e. The van der Waals surface area contributed by atoms with Gasteiger partial charge in [-0.3, -0.25) is 10.1 Å². The van der Waals surface area contributed by atoms with Crippen LogP contribution in [0.4, 0.5) is 10.5 Å². The van der Waals surface area contributed by atoms with Crippen LogP contribution in [0.25, 0.3) is 0 Å². The maximum atomic E-state index is 11.5. The summed E-state index contributed by atoms with van der Waals surface area (Å²) in [5, 5.41) is 4.35. The summed E-state index contributed by atoms with van der Waals surface area (Å²) in [6.45, 7) is 3.32. The summed E-state index contributed by atoms with van der Waals surface area (Å²) >= 11 is 14.8. The highest BCUT2D eigenvalue weighted by atomic mass is 79.9. The second kappa shape index (κ2) is 6.41. The molecule has 1 aromatic rings. The van der Waals surface area contributed by atoms with Gasteiger partial charge >= 0.3 is 6.03 Å². The summed E-state index contributed by atoms with van der Waals surface area (Å²) in [6.07, 6.45) is 0. The van der Waals surface area contributed by atoms with Crippen molar-refractivity contribution in [1.29, 1.82) is 0 Å². The fraction of sp³-hybridized carbons (Fsp3) is 0.273. The van der Waals surface area contributed by atoms with Gasteiger partial charge in [-0.15, -0.1) is 11.6 Å². The predicted octanol–water partition coefficient (Wildman–Crippen LogP) is 3.69. The summed E-state index contributed by atoms with van der Waals surface area (Å²) in [6, 6.07) is 2.70. The van der Waals surface area contributed by atoms with E-state index in [0.29, 0.717) is 15.2 Å². The van der Waals surface area contributed by atoms with Gasteiger partial charge in [0.05, 0.1) is 5.69 Å². The number of carbonyl (C=O) groups is 2. The van der Waals surface area contributed by atoms with Crippen molar-refractivity contribution in [2.45, 2.75) is 19.2 Å². The second-order valence-corrected chi connectivity index (χ2v) is 5.56. The molecule has 0 aliphatic rings. The zero-order valence-electron chi connectivity index (χ0n) is 9.68. The van der Waals surface area contributed by atoms with Crippen molar-refractivity contribution in [2.75, 3.05) is 5.32 Å². The number of alkyl halides is 1. The highest BCUT2D eigenvalue weighted by Crippen LogP contribution is 2.28. The van der Waals surface area contributed by atoms with Crippen LogP contribution in [0.3, 0.4) is 0 Å². The molecule has 0 fully saturated rings. The SMILES string of the molecule is Cc1cc(Br)c(NC(=O)NC(=O)C(C)Cl)cc1Cl. The highest BCUT2D eigenvalue weighted by Gasteiger charge is 2.14. The normalized spacial score (nSPS) is 11.8. The lowest BCUT2D eigenvalue weighted by Gasteiger charge is -2.10. The number of nitrogens with one attached hydrogen (secondary N) is 2. The highest BCUT2D eigenvalue weighted by molar-refractivity contribution is 9.10. The van der Waals surface area contributed by atoms with Crippen molar-refractivity contribution in [2.24, 2.45) is 0 Å². The van der Waals surface area contributed by atoms with Crippen LogP contribution in [0.5, 0.6) is 0 Å². The van der Waals surface area contributed by atoms with E-state index in [0.717, 1.165) is 5.56 Å². The number of imide groups is 1. The average molecular weight is 354 g/mol. The quantitative estimate of drug-likeness (QED) is 0.796. The Bertz CT molecular complexity index is 492. The maximum absolute atomic E-state index is 11.5. The van der Waals surface area contributed by atoms with Crippen molar-refractivity contribution in [3.8, 4) is 0 Å². The Morgan fingerprint density at radius 1 is 1.39 bits per heavy atom. The Kier molecular flexibility index (Phi) is 5.44. The molecular formula is C11H11BrCl2N2O2. The average Bonchev–Trinajstić information content (AvgIpc) is 2.25. The third kappa shape index (κ3) is 4.15. The molecule has 0 aliphatic carbocycles. The van der Waals surface area contributed by atoms with Crippen LogP contribution >= 0.6 is 39.1 Å². The Hall–Kier alpha value is -0.780. The minimum absolute atomic E-state index is 0.470. The van der Waals surface area contributed by atoms with Crippen molar-refractivity contribution < 1.29 is 9.59 Å².